The molecule has 17 heavy (non-hydrogen) atoms. The Kier molecular flexibility index (Phi) is 8.80. The average Bonchev–Trinajstić information content (AvgIpc) is 2.24. The first-order chi connectivity index (χ1) is 7.97. The summed E-state index contributed by atoms with van der Waals surface area (Å²) in [6.45, 7) is 10.3. The van der Waals surface area contributed by atoms with Gasteiger partial charge >= 0.3 is 6.16 Å². The molecule has 5 heteroatoms. The van der Waals surface area contributed by atoms with Gasteiger partial charge in [0.05, 0.1) is 0 Å². The van der Waals surface area contributed by atoms with Crippen molar-refractivity contribution < 1.29 is 14.6 Å². The van der Waals surface area contributed by atoms with E-state index in [1.807, 2.05) is 0 Å². The van der Waals surface area contributed by atoms with Crippen LogP contribution >= 0.6 is 0 Å². The molecule has 0 amide bonds. The van der Waals surface area contributed by atoms with Crippen LogP contribution in [-0.4, -0.2) is 66.9 Å². The maximum atomic E-state index is 10.2. The Morgan fingerprint density at radius 2 is 1.88 bits per heavy atom. The Balaban J connectivity index is 3.85. The van der Waals surface area contributed by atoms with Crippen molar-refractivity contribution in [1.82, 2.24) is 9.80 Å². The van der Waals surface area contributed by atoms with Crippen molar-refractivity contribution in [3.05, 3.63) is 0 Å². The van der Waals surface area contributed by atoms with Gasteiger partial charge in [0.25, 0.3) is 0 Å². The predicted molar refractivity (Wildman–Crippen MR) is 68.5 cm³/mol. The summed E-state index contributed by atoms with van der Waals surface area (Å²) < 4.78 is 4.53. The third kappa shape index (κ3) is 8.94. The van der Waals surface area contributed by atoms with Crippen molar-refractivity contribution in [2.45, 2.75) is 33.2 Å². The van der Waals surface area contributed by atoms with E-state index in [-0.39, 0.29) is 6.61 Å². The fourth-order valence-corrected chi connectivity index (χ4v) is 1.47. The lowest BCUT2D eigenvalue weighted by Gasteiger charge is -2.26. The number of ether oxygens (including phenoxy) is 1. The first-order valence-corrected chi connectivity index (χ1v) is 6.25. The number of nitrogens with zero attached hydrogens (tertiary/aromatic N) is 2. The highest BCUT2D eigenvalue weighted by Gasteiger charge is 2.08. The molecule has 1 N–H and O–H groups in total. The summed E-state index contributed by atoms with van der Waals surface area (Å²) >= 11 is 0. The molecule has 102 valence electrons. The molecule has 0 aromatic rings. The van der Waals surface area contributed by atoms with Gasteiger partial charge in [-0.05, 0) is 33.9 Å². The first-order valence-electron chi connectivity index (χ1n) is 6.25. The summed E-state index contributed by atoms with van der Waals surface area (Å²) in [5.41, 5.74) is 0. The van der Waals surface area contributed by atoms with Crippen molar-refractivity contribution in [2.75, 3.05) is 39.8 Å². The van der Waals surface area contributed by atoms with Crippen LogP contribution in [0.4, 0.5) is 4.79 Å². The molecule has 0 heterocycles. The summed E-state index contributed by atoms with van der Waals surface area (Å²) in [7, 11) is 2.10. The zero-order valence-corrected chi connectivity index (χ0v) is 11.5. The van der Waals surface area contributed by atoms with Crippen LogP contribution in [0.25, 0.3) is 0 Å². The third-order valence-corrected chi connectivity index (χ3v) is 2.82. The molecule has 0 saturated carbocycles. The average molecular weight is 246 g/mol. The van der Waals surface area contributed by atoms with Crippen LogP contribution in [0.15, 0.2) is 0 Å². The second-order valence-electron chi connectivity index (χ2n) is 4.53. The van der Waals surface area contributed by atoms with Crippen molar-refractivity contribution >= 4 is 6.16 Å². The number of likely N-dealkylation sites (N-methyl/N-ethyl adjacent to an activating group) is 1. The van der Waals surface area contributed by atoms with Gasteiger partial charge < -0.3 is 14.7 Å². The zero-order chi connectivity index (χ0) is 13.3. The maximum Gasteiger partial charge on any atom is 0.505 e. The van der Waals surface area contributed by atoms with Crippen LogP contribution in [0.2, 0.25) is 0 Å². The van der Waals surface area contributed by atoms with E-state index in [4.69, 9.17) is 5.11 Å². The van der Waals surface area contributed by atoms with Crippen LogP contribution < -0.4 is 0 Å². The van der Waals surface area contributed by atoms with E-state index in [1.165, 1.54) is 0 Å². The Labute approximate surface area is 104 Å². The molecule has 0 spiro atoms. The van der Waals surface area contributed by atoms with Gasteiger partial charge in [0, 0.05) is 25.7 Å². The molecule has 0 rings (SSSR count). The Hall–Kier alpha value is -0.810. The highest BCUT2D eigenvalue weighted by atomic mass is 16.7. The summed E-state index contributed by atoms with van der Waals surface area (Å²) in [6, 6.07) is 0.536. The number of rotatable bonds is 9. The minimum Gasteiger partial charge on any atom is -0.450 e. The summed E-state index contributed by atoms with van der Waals surface area (Å²) in [6.07, 6.45) is -0.126. The van der Waals surface area contributed by atoms with Gasteiger partial charge in [-0.2, -0.15) is 0 Å². The lowest BCUT2D eigenvalue weighted by molar-refractivity contribution is 0.0783. The van der Waals surface area contributed by atoms with Gasteiger partial charge in [-0.3, -0.25) is 4.90 Å². The second kappa shape index (κ2) is 9.24. The van der Waals surface area contributed by atoms with Crippen LogP contribution in [0, 0.1) is 0 Å². The molecule has 0 radical (unpaired) electrons. The molecule has 0 saturated heterocycles. The molecule has 0 aliphatic heterocycles. The van der Waals surface area contributed by atoms with E-state index in [0.29, 0.717) is 12.6 Å². The monoisotopic (exact) mass is 246 g/mol. The summed E-state index contributed by atoms with van der Waals surface area (Å²) in [5.74, 6) is 0. The summed E-state index contributed by atoms with van der Waals surface area (Å²) in [5, 5.41) is 8.40. The SMILES string of the molecule is CCCN(CCOC(=O)O)CCN(C)C(C)C. The molecule has 0 aromatic carbocycles. The lowest BCUT2D eigenvalue weighted by atomic mass is 10.3. The number of carboxylic acid groups (broad SMARTS) is 1. The van der Waals surface area contributed by atoms with Gasteiger partial charge in [0.15, 0.2) is 0 Å². The summed E-state index contributed by atoms with van der Waals surface area (Å²) in [4.78, 5) is 14.8. The highest BCUT2D eigenvalue weighted by molar-refractivity contribution is 5.56. The van der Waals surface area contributed by atoms with Crippen molar-refractivity contribution in [3.8, 4) is 0 Å². The predicted octanol–water partition coefficient (Wildman–Crippen LogP) is 1.73. The Morgan fingerprint density at radius 1 is 1.24 bits per heavy atom. The molecular weight excluding hydrogens is 220 g/mol. The fraction of sp³-hybridized carbons (Fsp3) is 0.917. The quantitative estimate of drug-likeness (QED) is 0.628. The standard InChI is InChI=1S/C12H26N2O3/c1-5-6-14(9-10-17-12(15)16)8-7-13(4)11(2)3/h11H,5-10H2,1-4H3,(H,15,16). The Bertz CT molecular complexity index is 210. The molecule has 0 aliphatic carbocycles. The van der Waals surface area contributed by atoms with E-state index in [1.54, 1.807) is 0 Å². The lowest BCUT2D eigenvalue weighted by Crippen LogP contribution is -2.38. The van der Waals surface area contributed by atoms with E-state index in [2.05, 4.69) is 42.4 Å². The van der Waals surface area contributed by atoms with Crippen LogP contribution in [0.1, 0.15) is 27.2 Å². The first kappa shape index (κ1) is 16.2. The van der Waals surface area contributed by atoms with Crippen LogP contribution in [0.5, 0.6) is 0 Å². The van der Waals surface area contributed by atoms with Crippen molar-refractivity contribution in [3.63, 3.8) is 0 Å². The minimum atomic E-state index is -1.19. The van der Waals surface area contributed by atoms with Gasteiger partial charge in [-0.15, -0.1) is 0 Å². The zero-order valence-electron chi connectivity index (χ0n) is 11.5. The topological polar surface area (TPSA) is 53.0 Å². The Morgan fingerprint density at radius 3 is 2.35 bits per heavy atom. The van der Waals surface area contributed by atoms with Gasteiger partial charge in [-0.25, -0.2) is 4.79 Å². The van der Waals surface area contributed by atoms with E-state index < -0.39 is 6.16 Å². The molecule has 0 aliphatic rings. The maximum absolute atomic E-state index is 10.2. The molecule has 0 aromatic heterocycles. The van der Waals surface area contributed by atoms with Crippen LogP contribution in [-0.2, 0) is 4.74 Å². The van der Waals surface area contributed by atoms with Crippen LogP contribution in [0.3, 0.4) is 0 Å². The van der Waals surface area contributed by atoms with E-state index >= 15 is 0 Å². The number of hydrogen-bond acceptors (Lipinski definition) is 4. The largest absolute Gasteiger partial charge is 0.505 e. The fourth-order valence-electron chi connectivity index (χ4n) is 1.47. The third-order valence-electron chi connectivity index (χ3n) is 2.82. The van der Waals surface area contributed by atoms with Gasteiger partial charge in [0.2, 0.25) is 0 Å². The molecule has 0 atom stereocenters. The molecule has 0 unspecified atom stereocenters. The van der Waals surface area contributed by atoms with E-state index in [9.17, 15) is 4.79 Å². The smallest absolute Gasteiger partial charge is 0.450 e. The van der Waals surface area contributed by atoms with Crippen molar-refractivity contribution in [1.29, 1.82) is 0 Å². The molecule has 5 nitrogen and oxygen atoms in total. The van der Waals surface area contributed by atoms with Gasteiger partial charge in [0.1, 0.15) is 6.61 Å². The minimum absolute atomic E-state index is 0.251. The normalized spacial score (nSPS) is 11.5. The second-order valence-corrected chi connectivity index (χ2v) is 4.53. The molecule has 0 fully saturated rings. The van der Waals surface area contributed by atoms with Crippen molar-refractivity contribution in [2.24, 2.45) is 0 Å². The van der Waals surface area contributed by atoms with Gasteiger partial charge in [-0.1, -0.05) is 6.92 Å². The number of hydrogen-bond donors (Lipinski definition) is 1. The highest BCUT2D eigenvalue weighted by Crippen LogP contribution is 1.97. The number of carbonyl (C=O) groups is 1. The molecular formula is C12H26N2O3. The van der Waals surface area contributed by atoms with E-state index in [0.717, 1.165) is 26.1 Å². The molecule has 0 bridgehead atoms.